The Morgan fingerprint density at radius 3 is 2.71 bits per heavy atom. The van der Waals surface area contributed by atoms with Crippen molar-refractivity contribution in [3.05, 3.63) is 35.5 Å². The predicted molar refractivity (Wildman–Crippen MR) is 78.7 cm³/mol. The van der Waals surface area contributed by atoms with Crippen LogP contribution in [-0.4, -0.2) is 30.9 Å². The fraction of sp³-hybridized carbons (Fsp3) is 0.467. The minimum atomic E-state index is 0.152. The maximum Gasteiger partial charge on any atom is 0.223 e. The van der Waals surface area contributed by atoms with Gasteiger partial charge in [-0.15, -0.1) is 0 Å². The second-order valence-corrected chi connectivity index (χ2v) is 4.76. The summed E-state index contributed by atoms with van der Waals surface area (Å²) in [6.45, 7) is 4.63. The summed E-state index contributed by atoms with van der Waals surface area (Å²) >= 11 is 0. The molecule has 0 aliphatic carbocycles. The summed E-state index contributed by atoms with van der Waals surface area (Å²) in [6, 6.07) is 5.97. The van der Waals surface area contributed by atoms with E-state index in [1.807, 2.05) is 18.2 Å². The number of hydrogen-bond donors (Lipinski definition) is 1. The van der Waals surface area contributed by atoms with Crippen LogP contribution in [0.25, 0.3) is 0 Å². The molecule has 1 unspecified atom stereocenters. The fourth-order valence-electron chi connectivity index (χ4n) is 2.13. The number of hydrogen-bond acceptors (Lipinski definition) is 6. The monoisotopic (exact) mass is 291 g/mol. The molecule has 0 spiro atoms. The average molecular weight is 291 g/mol. The number of ether oxygens (including phenoxy) is 2. The van der Waals surface area contributed by atoms with E-state index in [0.717, 1.165) is 30.0 Å². The maximum absolute atomic E-state index is 5.42. The van der Waals surface area contributed by atoms with Crippen molar-refractivity contribution < 1.29 is 14.0 Å². The molecular weight excluding hydrogens is 270 g/mol. The van der Waals surface area contributed by atoms with E-state index in [0.29, 0.717) is 11.7 Å². The van der Waals surface area contributed by atoms with Gasteiger partial charge in [-0.2, -0.15) is 4.98 Å². The Hall–Kier alpha value is -2.08. The summed E-state index contributed by atoms with van der Waals surface area (Å²) in [5.74, 6) is 2.90. The van der Waals surface area contributed by atoms with Crippen molar-refractivity contribution in [2.45, 2.75) is 26.3 Å². The summed E-state index contributed by atoms with van der Waals surface area (Å²) < 4.78 is 15.6. The molecule has 0 aliphatic heterocycles. The lowest BCUT2D eigenvalue weighted by atomic mass is 10.1. The van der Waals surface area contributed by atoms with Crippen molar-refractivity contribution >= 4 is 0 Å². The van der Waals surface area contributed by atoms with Gasteiger partial charge in [0.15, 0.2) is 5.82 Å². The van der Waals surface area contributed by atoms with Crippen molar-refractivity contribution in [3.63, 3.8) is 0 Å². The average Bonchev–Trinajstić information content (AvgIpc) is 2.91. The molecule has 0 saturated heterocycles. The lowest BCUT2D eigenvalue weighted by molar-refractivity contribution is 0.383. The van der Waals surface area contributed by atoms with E-state index < -0.39 is 0 Å². The molecule has 0 amide bonds. The van der Waals surface area contributed by atoms with E-state index in [-0.39, 0.29) is 6.04 Å². The van der Waals surface area contributed by atoms with Crippen molar-refractivity contribution in [1.82, 2.24) is 15.5 Å². The molecule has 114 valence electrons. The Balaban J connectivity index is 1.94. The molecule has 2 aromatic rings. The molecule has 1 atom stereocenters. The number of nitrogens with zero attached hydrogens (tertiary/aromatic N) is 2. The largest absolute Gasteiger partial charge is 0.497 e. The summed E-state index contributed by atoms with van der Waals surface area (Å²) in [4.78, 5) is 4.18. The topological polar surface area (TPSA) is 69.4 Å². The van der Waals surface area contributed by atoms with E-state index in [9.17, 15) is 0 Å². The van der Waals surface area contributed by atoms with Gasteiger partial charge >= 0.3 is 0 Å². The Morgan fingerprint density at radius 1 is 1.29 bits per heavy atom. The first kappa shape index (κ1) is 15.3. The highest BCUT2D eigenvalue weighted by Gasteiger charge is 2.12. The maximum atomic E-state index is 5.42. The SMILES string of the molecule is COc1ccc(C(C)NCCc2noc(C)n2)c(OC)c1. The van der Waals surface area contributed by atoms with Crippen LogP contribution in [0.4, 0.5) is 0 Å². The third-order valence-corrected chi connectivity index (χ3v) is 3.28. The van der Waals surface area contributed by atoms with Crippen LogP contribution in [0.15, 0.2) is 22.7 Å². The standard InChI is InChI=1S/C15H21N3O3/c1-10(16-8-7-15-17-11(2)21-18-15)13-6-5-12(19-3)9-14(13)20-4/h5-6,9-10,16H,7-8H2,1-4H3. The zero-order chi connectivity index (χ0) is 15.2. The molecule has 1 heterocycles. The van der Waals surface area contributed by atoms with Gasteiger partial charge in [0.1, 0.15) is 11.5 Å². The van der Waals surface area contributed by atoms with Crippen LogP contribution < -0.4 is 14.8 Å². The molecule has 1 aromatic heterocycles. The zero-order valence-corrected chi connectivity index (χ0v) is 12.8. The van der Waals surface area contributed by atoms with Crippen molar-refractivity contribution in [2.24, 2.45) is 0 Å². The third-order valence-electron chi connectivity index (χ3n) is 3.28. The molecular formula is C15H21N3O3. The zero-order valence-electron chi connectivity index (χ0n) is 12.8. The molecule has 2 rings (SSSR count). The van der Waals surface area contributed by atoms with Gasteiger partial charge in [-0.25, -0.2) is 0 Å². The Kier molecular flexibility index (Phi) is 5.16. The van der Waals surface area contributed by atoms with Gasteiger partial charge in [0, 0.05) is 37.6 Å². The molecule has 21 heavy (non-hydrogen) atoms. The van der Waals surface area contributed by atoms with Crippen LogP contribution in [-0.2, 0) is 6.42 Å². The summed E-state index contributed by atoms with van der Waals surface area (Å²) in [5, 5.41) is 7.30. The van der Waals surface area contributed by atoms with Gasteiger partial charge in [0.25, 0.3) is 0 Å². The second-order valence-electron chi connectivity index (χ2n) is 4.76. The molecule has 0 bridgehead atoms. The fourth-order valence-corrected chi connectivity index (χ4v) is 2.13. The first-order valence-corrected chi connectivity index (χ1v) is 6.88. The third kappa shape index (κ3) is 3.95. The minimum Gasteiger partial charge on any atom is -0.497 e. The summed E-state index contributed by atoms with van der Waals surface area (Å²) in [6.07, 6.45) is 0.722. The second kappa shape index (κ2) is 7.08. The highest BCUT2D eigenvalue weighted by atomic mass is 16.5. The summed E-state index contributed by atoms with van der Waals surface area (Å²) in [7, 11) is 3.30. The van der Waals surface area contributed by atoms with E-state index in [2.05, 4.69) is 22.4 Å². The minimum absolute atomic E-state index is 0.152. The molecule has 0 aliphatic rings. The van der Waals surface area contributed by atoms with Gasteiger partial charge < -0.3 is 19.3 Å². The van der Waals surface area contributed by atoms with Crippen LogP contribution in [0.1, 0.15) is 30.2 Å². The normalized spacial score (nSPS) is 12.2. The molecule has 0 saturated carbocycles. The highest BCUT2D eigenvalue weighted by molar-refractivity contribution is 5.42. The van der Waals surface area contributed by atoms with Crippen LogP contribution in [0.3, 0.4) is 0 Å². The van der Waals surface area contributed by atoms with Crippen molar-refractivity contribution in [2.75, 3.05) is 20.8 Å². The molecule has 1 aromatic carbocycles. The Morgan fingerprint density at radius 2 is 2.10 bits per heavy atom. The lowest BCUT2D eigenvalue weighted by Crippen LogP contribution is -2.22. The Bertz CT molecular complexity index is 583. The quantitative estimate of drug-likeness (QED) is 0.844. The van der Waals surface area contributed by atoms with Crippen LogP contribution in [0, 0.1) is 6.92 Å². The first-order chi connectivity index (χ1) is 10.1. The lowest BCUT2D eigenvalue weighted by Gasteiger charge is -2.17. The van der Waals surface area contributed by atoms with E-state index in [1.165, 1.54) is 0 Å². The van der Waals surface area contributed by atoms with E-state index in [1.54, 1.807) is 21.1 Å². The van der Waals surface area contributed by atoms with Gasteiger partial charge in [-0.1, -0.05) is 11.2 Å². The summed E-state index contributed by atoms with van der Waals surface area (Å²) in [5.41, 5.74) is 1.09. The van der Waals surface area contributed by atoms with Gasteiger partial charge in [0.2, 0.25) is 5.89 Å². The smallest absolute Gasteiger partial charge is 0.223 e. The van der Waals surface area contributed by atoms with Crippen molar-refractivity contribution in [1.29, 1.82) is 0 Å². The van der Waals surface area contributed by atoms with E-state index in [4.69, 9.17) is 14.0 Å². The first-order valence-electron chi connectivity index (χ1n) is 6.88. The highest BCUT2D eigenvalue weighted by Crippen LogP contribution is 2.29. The number of aromatic nitrogens is 2. The van der Waals surface area contributed by atoms with Crippen LogP contribution in [0.5, 0.6) is 11.5 Å². The number of methoxy groups -OCH3 is 2. The number of benzene rings is 1. The van der Waals surface area contributed by atoms with E-state index >= 15 is 0 Å². The predicted octanol–water partition coefficient (Wildman–Crippen LogP) is 2.29. The van der Waals surface area contributed by atoms with Crippen molar-refractivity contribution in [3.8, 4) is 11.5 Å². The number of aryl methyl sites for hydroxylation is 1. The molecule has 1 N–H and O–H groups in total. The Labute approximate surface area is 124 Å². The molecule has 0 fully saturated rings. The van der Waals surface area contributed by atoms with Gasteiger partial charge in [-0.05, 0) is 13.0 Å². The van der Waals surface area contributed by atoms with Gasteiger partial charge in [-0.3, -0.25) is 0 Å². The molecule has 6 heteroatoms. The van der Waals surface area contributed by atoms with Gasteiger partial charge in [0.05, 0.1) is 14.2 Å². The number of nitrogens with one attached hydrogen (secondary N) is 1. The number of rotatable bonds is 7. The molecule has 0 radical (unpaired) electrons. The molecule has 6 nitrogen and oxygen atoms in total. The van der Waals surface area contributed by atoms with Crippen LogP contribution >= 0.6 is 0 Å². The van der Waals surface area contributed by atoms with Crippen LogP contribution in [0.2, 0.25) is 0 Å².